The summed E-state index contributed by atoms with van der Waals surface area (Å²) in [4.78, 5) is 16.5. The zero-order valence-electron chi connectivity index (χ0n) is 8.08. The number of carbonyl (C=O) groups is 1. The molecule has 0 radical (unpaired) electrons. The number of β-amino-alcohol motifs (C(OH)–C–C–N with tert-alkyl or cyclic N) is 1. The average Bonchev–Trinajstić information content (AvgIpc) is 2.62. The Morgan fingerprint density at radius 1 is 1.47 bits per heavy atom. The molecule has 0 bridgehead atoms. The highest BCUT2D eigenvalue weighted by Gasteiger charge is 2.35. The number of rotatable bonds is 2. The fraction of sp³-hybridized carbons (Fsp3) is 0.400. The second-order valence-corrected chi connectivity index (χ2v) is 3.60. The number of aliphatic carboxylic acids is 1. The molecule has 1 aliphatic rings. The van der Waals surface area contributed by atoms with Gasteiger partial charge in [-0.3, -0.25) is 4.98 Å². The molecule has 1 saturated heterocycles. The molecule has 2 atom stereocenters. The predicted molar refractivity (Wildman–Crippen MR) is 53.6 cm³/mol. The second kappa shape index (κ2) is 3.86. The molecule has 2 N–H and O–H groups in total. The van der Waals surface area contributed by atoms with Crippen molar-refractivity contribution in [3.05, 3.63) is 24.5 Å². The normalized spacial score (nSPS) is 25.5. The van der Waals surface area contributed by atoms with Crippen LogP contribution in [-0.2, 0) is 4.79 Å². The van der Waals surface area contributed by atoms with Crippen molar-refractivity contribution in [3.63, 3.8) is 0 Å². The van der Waals surface area contributed by atoms with Crippen LogP contribution in [-0.4, -0.2) is 39.9 Å². The van der Waals surface area contributed by atoms with Crippen molar-refractivity contribution in [1.29, 1.82) is 0 Å². The Hall–Kier alpha value is -1.62. The molecule has 80 valence electrons. The standard InChI is InChI=1S/C10H12N2O3/c13-8-5-9(10(14)15)12(6-8)7-1-3-11-4-2-7/h1-4,8-9,13H,5-6H2,(H,14,15). The van der Waals surface area contributed by atoms with Crippen molar-refractivity contribution in [2.45, 2.75) is 18.6 Å². The summed E-state index contributed by atoms with van der Waals surface area (Å²) >= 11 is 0. The first kappa shape index (κ1) is 9.92. The summed E-state index contributed by atoms with van der Waals surface area (Å²) in [5.41, 5.74) is 0.786. The van der Waals surface area contributed by atoms with Crippen LogP contribution in [0.2, 0.25) is 0 Å². The number of aliphatic hydroxyl groups is 1. The highest BCUT2D eigenvalue weighted by molar-refractivity contribution is 5.79. The number of anilines is 1. The molecular formula is C10H12N2O3. The molecule has 1 aromatic rings. The van der Waals surface area contributed by atoms with Crippen LogP contribution in [0.15, 0.2) is 24.5 Å². The number of pyridine rings is 1. The Morgan fingerprint density at radius 3 is 2.73 bits per heavy atom. The molecule has 0 aliphatic carbocycles. The SMILES string of the molecule is O=C(O)C1CC(O)CN1c1ccncc1. The summed E-state index contributed by atoms with van der Waals surface area (Å²) in [6.07, 6.45) is 2.93. The van der Waals surface area contributed by atoms with Crippen LogP contribution < -0.4 is 4.90 Å². The van der Waals surface area contributed by atoms with Gasteiger partial charge in [0, 0.05) is 31.0 Å². The van der Waals surface area contributed by atoms with Gasteiger partial charge >= 0.3 is 5.97 Å². The zero-order valence-corrected chi connectivity index (χ0v) is 8.08. The van der Waals surface area contributed by atoms with E-state index in [1.165, 1.54) is 0 Å². The number of nitrogens with zero attached hydrogens (tertiary/aromatic N) is 2. The summed E-state index contributed by atoms with van der Waals surface area (Å²) in [7, 11) is 0. The maximum Gasteiger partial charge on any atom is 0.326 e. The van der Waals surface area contributed by atoms with E-state index < -0.39 is 18.1 Å². The molecule has 2 heterocycles. The van der Waals surface area contributed by atoms with Gasteiger partial charge in [0.2, 0.25) is 0 Å². The van der Waals surface area contributed by atoms with E-state index in [1.54, 1.807) is 29.4 Å². The van der Waals surface area contributed by atoms with E-state index >= 15 is 0 Å². The first-order chi connectivity index (χ1) is 7.18. The Kier molecular flexibility index (Phi) is 2.55. The monoisotopic (exact) mass is 208 g/mol. The van der Waals surface area contributed by atoms with Crippen LogP contribution in [0.3, 0.4) is 0 Å². The molecular weight excluding hydrogens is 196 g/mol. The van der Waals surface area contributed by atoms with E-state index in [0.29, 0.717) is 6.54 Å². The Labute approximate surface area is 87.0 Å². The second-order valence-electron chi connectivity index (χ2n) is 3.60. The summed E-state index contributed by atoms with van der Waals surface area (Å²) in [5.74, 6) is -0.900. The Morgan fingerprint density at radius 2 is 2.13 bits per heavy atom. The quantitative estimate of drug-likeness (QED) is 0.721. The molecule has 5 nitrogen and oxygen atoms in total. The Bertz CT molecular complexity index is 355. The van der Waals surface area contributed by atoms with E-state index in [9.17, 15) is 9.90 Å². The van der Waals surface area contributed by atoms with E-state index in [4.69, 9.17) is 5.11 Å². The fourth-order valence-electron chi connectivity index (χ4n) is 1.87. The van der Waals surface area contributed by atoms with Gasteiger partial charge in [0.15, 0.2) is 0 Å². The van der Waals surface area contributed by atoms with Crippen LogP contribution >= 0.6 is 0 Å². The van der Waals surface area contributed by atoms with E-state index in [0.717, 1.165) is 5.69 Å². The lowest BCUT2D eigenvalue weighted by Crippen LogP contribution is -2.35. The lowest BCUT2D eigenvalue weighted by molar-refractivity contribution is -0.138. The molecule has 1 aliphatic heterocycles. The molecule has 1 fully saturated rings. The molecule has 0 aromatic carbocycles. The Balaban J connectivity index is 2.24. The lowest BCUT2D eigenvalue weighted by atomic mass is 10.2. The van der Waals surface area contributed by atoms with E-state index in [-0.39, 0.29) is 6.42 Å². The molecule has 1 aromatic heterocycles. The minimum absolute atomic E-state index is 0.275. The molecule has 5 heteroatoms. The number of aromatic nitrogens is 1. The fourth-order valence-corrected chi connectivity index (χ4v) is 1.87. The number of aliphatic hydroxyl groups excluding tert-OH is 1. The van der Waals surface area contributed by atoms with Gasteiger partial charge in [0.1, 0.15) is 6.04 Å². The van der Waals surface area contributed by atoms with Gasteiger partial charge in [-0.2, -0.15) is 0 Å². The first-order valence-electron chi connectivity index (χ1n) is 4.76. The number of hydrogen-bond acceptors (Lipinski definition) is 4. The molecule has 15 heavy (non-hydrogen) atoms. The predicted octanol–water partition coefficient (Wildman–Crippen LogP) is 0.106. The van der Waals surface area contributed by atoms with Crippen molar-refractivity contribution in [2.24, 2.45) is 0 Å². The van der Waals surface area contributed by atoms with Gasteiger partial charge in [-0.05, 0) is 12.1 Å². The maximum atomic E-state index is 11.0. The minimum atomic E-state index is -0.900. The summed E-state index contributed by atoms with van der Waals surface area (Å²) in [6.45, 7) is 0.362. The number of carboxylic acid groups (broad SMARTS) is 1. The van der Waals surface area contributed by atoms with Crippen LogP contribution in [0.5, 0.6) is 0 Å². The van der Waals surface area contributed by atoms with Crippen LogP contribution in [0, 0.1) is 0 Å². The summed E-state index contributed by atoms with van der Waals surface area (Å²) in [5, 5.41) is 18.5. The molecule has 0 saturated carbocycles. The third-order valence-electron chi connectivity index (χ3n) is 2.56. The van der Waals surface area contributed by atoms with Gasteiger partial charge in [-0.1, -0.05) is 0 Å². The van der Waals surface area contributed by atoms with Gasteiger partial charge in [0.25, 0.3) is 0 Å². The van der Waals surface area contributed by atoms with Gasteiger partial charge in [-0.25, -0.2) is 4.79 Å². The topological polar surface area (TPSA) is 73.7 Å². The van der Waals surface area contributed by atoms with Gasteiger partial charge in [0.05, 0.1) is 6.10 Å². The summed E-state index contributed by atoms with van der Waals surface area (Å²) < 4.78 is 0. The van der Waals surface area contributed by atoms with Crippen LogP contribution in [0.1, 0.15) is 6.42 Å². The third kappa shape index (κ3) is 1.92. The molecule has 2 unspecified atom stereocenters. The number of hydrogen-bond donors (Lipinski definition) is 2. The van der Waals surface area contributed by atoms with Crippen molar-refractivity contribution >= 4 is 11.7 Å². The van der Waals surface area contributed by atoms with E-state index in [2.05, 4.69) is 4.98 Å². The highest BCUT2D eigenvalue weighted by Crippen LogP contribution is 2.25. The van der Waals surface area contributed by atoms with E-state index in [1.807, 2.05) is 0 Å². The molecule has 0 spiro atoms. The molecule has 2 rings (SSSR count). The first-order valence-corrected chi connectivity index (χ1v) is 4.76. The largest absolute Gasteiger partial charge is 0.480 e. The van der Waals surface area contributed by atoms with Crippen LogP contribution in [0.4, 0.5) is 5.69 Å². The minimum Gasteiger partial charge on any atom is -0.480 e. The van der Waals surface area contributed by atoms with Crippen molar-refractivity contribution in [2.75, 3.05) is 11.4 Å². The molecule has 0 amide bonds. The van der Waals surface area contributed by atoms with Crippen molar-refractivity contribution < 1.29 is 15.0 Å². The van der Waals surface area contributed by atoms with Gasteiger partial charge in [-0.15, -0.1) is 0 Å². The lowest BCUT2D eigenvalue weighted by Gasteiger charge is -2.22. The number of carboxylic acids is 1. The van der Waals surface area contributed by atoms with Gasteiger partial charge < -0.3 is 15.1 Å². The van der Waals surface area contributed by atoms with Crippen molar-refractivity contribution in [3.8, 4) is 0 Å². The maximum absolute atomic E-state index is 11.0. The highest BCUT2D eigenvalue weighted by atomic mass is 16.4. The smallest absolute Gasteiger partial charge is 0.326 e. The third-order valence-corrected chi connectivity index (χ3v) is 2.56. The zero-order chi connectivity index (χ0) is 10.8. The average molecular weight is 208 g/mol. The van der Waals surface area contributed by atoms with Crippen LogP contribution in [0.25, 0.3) is 0 Å². The summed E-state index contributed by atoms with van der Waals surface area (Å²) in [6, 6.07) is 2.85. The van der Waals surface area contributed by atoms with Crippen molar-refractivity contribution in [1.82, 2.24) is 4.98 Å².